The van der Waals surface area contributed by atoms with Gasteiger partial charge < -0.3 is 0 Å². The minimum absolute atomic E-state index is 0.125. The third-order valence-electron chi connectivity index (χ3n) is 3.18. The first-order valence-corrected chi connectivity index (χ1v) is 6.01. The maximum absolute atomic E-state index is 13.9. The van der Waals surface area contributed by atoms with Crippen LogP contribution in [0.2, 0.25) is 0 Å². The molecule has 0 aliphatic rings. The van der Waals surface area contributed by atoms with Crippen LogP contribution in [0.15, 0.2) is 18.2 Å². The van der Waals surface area contributed by atoms with Crippen LogP contribution in [-0.2, 0) is 6.54 Å². The molecule has 1 rings (SSSR count). The minimum atomic E-state index is -0.382. The van der Waals surface area contributed by atoms with Gasteiger partial charge in [-0.15, -0.1) is 0 Å². The molecule has 92 valence electrons. The highest BCUT2D eigenvalue weighted by atomic mass is 19.1. The normalized spacial score (nSPS) is 10.9. The van der Waals surface area contributed by atoms with Crippen LogP contribution < -0.4 is 0 Å². The van der Waals surface area contributed by atoms with Gasteiger partial charge in [0.2, 0.25) is 0 Å². The lowest BCUT2D eigenvalue weighted by molar-refractivity contribution is 0.219. The highest BCUT2D eigenvalue weighted by molar-refractivity contribution is 5.34. The number of hydrogen-bond donors (Lipinski definition) is 0. The lowest BCUT2D eigenvalue weighted by Crippen LogP contribution is -2.30. The Morgan fingerprint density at radius 3 is 2.53 bits per heavy atom. The molecule has 17 heavy (non-hydrogen) atoms. The molecule has 0 heterocycles. The second-order valence-corrected chi connectivity index (χ2v) is 4.28. The summed E-state index contributed by atoms with van der Waals surface area (Å²) in [5.41, 5.74) is 0.721. The summed E-state index contributed by atoms with van der Waals surface area (Å²) in [6.07, 6.45) is 2.10. The molecular weight excluding hydrogens is 215 g/mol. The SMILES string of the molecule is CCC(CC)N(C)Cc1cccc(C#N)c1F. The van der Waals surface area contributed by atoms with Crippen LogP contribution in [0.4, 0.5) is 4.39 Å². The zero-order valence-corrected chi connectivity index (χ0v) is 10.7. The van der Waals surface area contributed by atoms with E-state index in [0.29, 0.717) is 18.2 Å². The van der Waals surface area contributed by atoms with Gasteiger partial charge in [-0.1, -0.05) is 26.0 Å². The van der Waals surface area contributed by atoms with E-state index in [1.165, 1.54) is 6.07 Å². The van der Waals surface area contributed by atoms with E-state index in [4.69, 9.17) is 5.26 Å². The lowest BCUT2D eigenvalue weighted by Gasteiger charge is -2.26. The predicted octanol–water partition coefficient (Wildman–Crippen LogP) is 3.32. The van der Waals surface area contributed by atoms with Crippen molar-refractivity contribution in [1.82, 2.24) is 4.90 Å². The monoisotopic (exact) mass is 234 g/mol. The molecule has 0 bridgehead atoms. The van der Waals surface area contributed by atoms with Crippen LogP contribution in [0, 0.1) is 17.1 Å². The van der Waals surface area contributed by atoms with E-state index in [0.717, 1.165) is 12.8 Å². The molecule has 0 aliphatic heterocycles. The van der Waals surface area contributed by atoms with Crippen LogP contribution in [0.1, 0.15) is 37.8 Å². The van der Waals surface area contributed by atoms with Crippen LogP contribution in [0.5, 0.6) is 0 Å². The van der Waals surface area contributed by atoms with Crippen LogP contribution >= 0.6 is 0 Å². The standard InChI is InChI=1S/C14H19FN2/c1-4-13(5-2)17(3)10-12-8-6-7-11(9-16)14(12)15/h6-8,13H,4-5,10H2,1-3H3. The van der Waals surface area contributed by atoms with Gasteiger partial charge in [-0.05, 0) is 26.0 Å². The number of hydrogen-bond acceptors (Lipinski definition) is 2. The summed E-state index contributed by atoms with van der Waals surface area (Å²) in [7, 11) is 2.00. The molecule has 0 fully saturated rings. The van der Waals surface area contributed by atoms with Gasteiger partial charge in [-0.3, -0.25) is 4.90 Å². The van der Waals surface area contributed by atoms with Gasteiger partial charge in [0.1, 0.15) is 11.9 Å². The van der Waals surface area contributed by atoms with Gasteiger partial charge in [-0.2, -0.15) is 5.26 Å². The average molecular weight is 234 g/mol. The van der Waals surface area contributed by atoms with Crippen molar-refractivity contribution in [2.75, 3.05) is 7.05 Å². The fraction of sp³-hybridized carbons (Fsp3) is 0.500. The average Bonchev–Trinajstić information content (AvgIpc) is 2.33. The highest BCUT2D eigenvalue weighted by Crippen LogP contribution is 2.16. The third-order valence-corrected chi connectivity index (χ3v) is 3.18. The molecular formula is C14H19FN2. The van der Waals surface area contributed by atoms with Crippen LogP contribution in [0.3, 0.4) is 0 Å². The number of nitrogens with zero attached hydrogens (tertiary/aromatic N) is 2. The molecule has 0 N–H and O–H groups in total. The molecule has 1 aromatic rings. The second kappa shape index (κ2) is 6.36. The van der Waals surface area contributed by atoms with Crippen molar-refractivity contribution in [3.63, 3.8) is 0 Å². The van der Waals surface area contributed by atoms with Crippen molar-refractivity contribution >= 4 is 0 Å². The molecule has 0 amide bonds. The topological polar surface area (TPSA) is 27.0 Å². The maximum atomic E-state index is 13.9. The lowest BCUT2D eigenvalue weighted by atomic mass is 10.1. The Kier molecular flexibility index (Phi) is 5.11. The van der Waals surface area contributed by atoms with Crippen molar-refractivity contribution in [1.29, 1.82) is 5.26 Å². The molecule has 0 saturated heterocycles. The van der Waals surface area contributed by atoms with Gasteiger partial charge >= 0.3 is 0 Å². The quantitative estimate of drug-likeness (QED) is 0.781. The summed E-state index contributed by atoms with van der Waals surface area (Å²) in [5.74, 6) is -0.382. The molecule has 2 nitrogen and oxygen atoms in total. The van der Waals surface area contributed by atoms with Gasteiger partial charge in [0, 0.05) is 18.2 Å². The van der Waals surface area contributed by atoms with Crippen LogP contribution in [-0.4, -0.2) is 18.0 Å². The summed E-state index contributed by atoms with van der Waals surface area (Å²) in [6.45, 7) is 4.81. The van der Waals surface area contributed by atoms with Crippen molar-refractivity contribution in [3.8, 4) is 6.07 Å². The predicted molar refractivity (Wildman–Crippen MR) is 67.0 cm³/mol. The Morgan fingerprint density at radius 1 is 1.35 bits per heavy atom. The highest BCUT2D eigenvalue weighted by Gasteiger charge is 2.14. The maximum Gasteiger partial charge on any atom is 0.145 e. The number of nitriles is 1. The number of halogens is 1. The Morgan fingerprint density at radius 2 is 2.00 bits per heavy atom. The van der Waals surface area contributed by atoms with Crippen molar-refractivity contribution in [2.24, 2.45) is 0 Å². The molecule has 0 aromatic heterocycles. The molecule has 0 atom stereocenters. The minimum Gasteiger partial charge on any atom is -0.299 e. The largest absolute Gasteiger partial charge is 0.299 e. The van der Waals surface area contributed by atoms with Crippen molar-refractivity contribution in [3.05, 3.63) is 35.1 Å². The zero-order chi connectivity index (χ0) is 12.8. The Hall–Kier alpha value is -1.40. The number of rotatable bonds is 5. The van der Waals surface area contributed by atoms with Crippen molar-refractivity contribution in [2.45, 2.75) is 39.3 Å². The van der Waals surface area contributed by atoms with E-state index in [-0.39, 0.29) is 11.4 Å². The van der Waals surface area contributed by atoms with Gasteiger partial charge in [0.25, 0.3) is 0 Å². The fourth-order valence-corrected chi connectivity index (χ4v) is 2.10. The molecule has 0 unspecified atom stereocenters. The summed E-state index contributed by atoms with van der Waals surface area (Å²) in [5, 5.41) is 8.77. The Labute approximate surface area is 103 Å². The van der Waals surface area contributed by atoms with E-state index >= 15 is 0 Å². The molecule has 1 aromatic carbocycles. The first-order chi connectivity index (χ1) is 8.13. The summed E-state index contributed by atoms with van der Waals surface area (Å²) < 4.78 is 13.9. The van der Waals surface area contributed by atoms with Crippen LogP contribution in [0.25, 0.3) is 0 Å². The fourth-order valence-electron chi connectivity index (χ4n) is 2.10. The van der Waals surface area contributed by atoms with Gasteiger partial charge in [0.15, 0.2) is 0 Å². The zero-order valence-electron chi connectivity index (χ0n) is 10.7. The molecule has 0 saturated carbocycles. The molecule has 3 heteroatoms. The van der Waals surface area contributed by atoms with E-state index < -0.39 is 0 Å². The molecule has 0 radical (unpaired) electrons. The van der Waals surface area contributed by atoms with Crippen molar-refractivity contribution < 1.29 is 4.39 Å². The van der Waals surface area contributed by atoms with E-state index in [9.17, 15) is 4.39 Å². The molecule has 0 spiro atoms. The van der Waals surface area contributed by atoms with E-state index in [1.807, 2.05) is 13.1 Å². The second-order valence-electron chi connectivity index (χ2n) is 4.28. The summed E-state index contributed by atoms with van der Waals surface area (Å²) in [4.78, 5) is 2.14. The Balaban J connectivity index is 2.85. The number of benzene rings is 1. The molecule has 0 aliphatic carbocycles. The van der Waals surface area contributed by atoms with E-state index in [1.54, 1.807) is 12.1 Å². The smallest absolute Gasteiger partial charge is 0.145 e. The third kappa shape index (κ3) is 3.28. The van der Waals surface area contributed by atoms with Gasteiger partial charge in [0.05, 0.1) is 5.56 Å². The van der Waals surface area contributed by atoms with E-state index in [2.05, 4.69) is 18.7 Å². The Bertz CT molecular complexity index is 405. The van der Waals surface area contributed by atoms with Gasteiger partial charge in [-0.25, -0.2) is 4.39 Å². The first kappa shape index (κ1) is 13.7. The first-order valence-electron chi connectivity index (χ1n) is 6.01. The summed E-state index contributed by atoms with van der Waals surface area (Å²) in [6, 6.07) is 7.32. The summed E-state index contributed by atoms with van der Waals surface area (Å²) >= 11 is 0.